The number of benzene rings is 2. The summed E-state index contributed by atoms with van der Waals surface area (Å²) in [5, 5.41) is 14.6. The number of rotatable bonds is 7. The predicted molar refractivity (Wildman–Crippen MR) is 116 cm³/mol. The quantitative estimate of drug-likeness (QED) is 0.401. The Hall–Kier alpha value is -3.68. The smallest absolute Gasteiger partial charge is 0.225 e. The topological polar surface area (TPSA) is 87.8 Å². The molecule has 30 heavy (non-hydrogen) atoms. The van der Waals surface area contributed by atoms with Gasteiger partial charge in [0.1, 0.15) is 17.4 Å². The molecule has 4 aromatic rings. The molecule has 0 amide bonds. The molecule has 154 valence electrons. The highest BCUT2D eigenvalue weighted by Crippen LogP contribution is 2.33. The van der Waals surface area contributed by atoms with E-state index >= 15 is 0 Å². The van der Waals surface area contributed by atoms with Crippen LogP contribution in [0, 0.1) is 5.82 Å². The molecule has 0 radical (unpaired) electrons. The lowest BCUT2D eigenvalue weighted by molar-refractivity contribution is 0.420. The van der Waals surface area contributed by atoms with E-state index in [1.54, 1.807) is 19.2 Å². The molecule has 2 heterocycles. The molecule has 3 N–H and O–H groups in total. The molecule has 0 aliphatic heterocycles. The summed E-state index contributed by atoms with van der Waals surface area (Å²) in [6, 6.07) is 13.8. The van der Waals surface area contributed by atoms with Gasteiger partial charge in [0.2, 0.25) is 5.95 Å². The number of ether oxygens (including phenoxy) is 1. The summed E-state index contributed by atoms with van der Waals surface area (Å²) in [5.74, 6) is 2.09. The molecule has 8 heteroatoms. The van der Waals surface area contributed by atoms with Crippen LogP contribution >= 0.6 is 0 Å². The fraction of sp³-hybridized carbons (Fsp3) is 0.227. The standard InChI is InChI=1S/C22H23FN6O/c1-4-16-12-19(29-28-16)26-21-20-17(6-5-7-18(20)30-3)25-22(27-21)24-13(2)14-8-10-15(23)11-9-14/h5-13H,4H2,1-3H3,(H3,24,25,26,27,28,29). The van der Waals surface area contributed by atoms with Crippen LogP contribution in [0.5, 0.6) is 5.75 Å². The zero-order valence-electron chi connectivity index (χ0n) is 17.0. The number of H-pyrrole nitrogens is 1. The molecule has 0 spiro atoms. The Morgan fingerprint density at radius 1 is 1.13 bits per heavy atom. The maximum Gasteiger partial charge on any atom is 0.225 e. The minimum Gasteiger partial charge on any atom is -0.496 e. The average Bonchev–Trinajstić information content (AvgIpc) is 3.21. The summed E-state index contributed by atoms with van der Waals surface area (Å²) >= 11 is 0. The number of anilines is 3. The predicted octanol–water partition coefficient (Wildman–Crippen LogP) is 4.98. The zero-order valence-corrected chi connectivity index (χ0v) is 17.0. The third-order valence-electron chi connectivity index (χ3n) is 4.88. The van der Waals surface area contributed by atoms with Crippen molar-refractivity contribution in [2.45, 2.75) is 26.3 Å². The molecule has 7 nitrogen and oxygen atoms in total. The monoisotopic (exact) mass is 406 g/mol. The molecular weight excluding hydrogens is 383 g/mol. The van der Waals surface area contributed by atoms with E-state index in [2.05, 4.69) is 37.7 Å². The van der Waals surface area contributed by atoms with Crippen molar-refractivity contribution in [3.05, 3.63) is 65.6 Å². The lowest BCUT2D eigenvalue weighted by Gasteiger charge is -2.17. The van der Waals surface area contributed by atoms with Gasteiger partial charge in [0.25, 0.3) is 0 Å². The van der Waals surface area contributed by atoms with Crippen LogP contribution in [0.15, 0.2) is 48.5 Å². The van der Waals surface area contributed by atoms with E-state index in [9.17, 15) is 4.39 Å². The van der Waals surface area contributed by atoms with E-state index in [0.717, 1.165) is 28.6 Å². The van der Waals surface area contributed by atoms with Crippen LogP contribution in [-0.2, 0) is 6.42 Å². The number of aromatic nitrogens is 4. The second-order valence-electron chi connectivity index (χ2n) is 6.92. The van der Waals surface area contributed by atoms with Gasteiger partial charge < -0.3 is 15.4 Å². The van der Waals surface area contributed by atoms with Crippen LogP contribution in [0.1, 0.15) is 31.1 Å². The maximum absolute atomic E-state index is 13.2. The van der Waals surface area contributed by atoms with Crippen molar-refractivity contribution in [2.24, 2.45) is 0 Å². The molecule has 0 fully saturated rings. The Balaban J connectivity index is 1.72. The van der Waals surface area contributed by atoms with Crippen molar-refractivity contribution < 1.29 is 9.13 Å². The molecule has 4 rings (SSSR count). The summed E-state index contributed by atoms with van der Waals surface area (Å²) in [7, 11) is 1.62. The Kier molecular flexibility index (Phi) is 5.47. The number of fused-ring (bicyclic) bond motifs is 1. The first-order valence-corrected chi connectivity index (χ1v) is 9.75. The van der Waals surface area contributed by atoms with Gasteiger partial charge >= 0.3 is 0 Å². The molecule has 0 aliphatic rings. The van der Waals surface area contributed by atoms with Crippen molar-refractivity contribution >= 4 is 28.5 Å². The van der Waals surface area contributed by atoms with Crippen molar-refractivity contribution in [1.82, 2.24) is 20.2 Å². The van der Waals surface area contributed by atoms with Gasteiger partial charge in [-0.05, 0) is 43.2 Å². The lowest BCUT2D eigenvalue weighted by Crippen LogP contribution is -2.11. The van der Waals surface area contributed by atoms with Crippen molar-refractivity contribution in [2.75, 3.05) is 17.7 Å². The first-order chi connectivity index (χ1) is 14.6. The number of aromatic amines is 1. The number of nitrogens with one attached hydrogen (secondary N) is 3. The Bertz CT molecular complexity index is 1160. The van der Waals surface area contributed by atoms with E-state index < -0.39 is 0 Å². The van der Waals surface area contributed by atoms with Gasteiger partial charge in [-0.1, -0.05) is 25.1 Å². The molecule has 0 saturated heterocycles. The van der Waals surface area contributed by atoms with Crippen LogP contribution < -0.4 is 15.4 Å². The molecule has 2 aromatic heterocycles. The van der Waals surface area contributed by atoms with E-state index in [1.165, 1.54) is 12.1 Å². The molecule has 1 atom stereocenters. The van der Waals surface area contributed by atoms with Gasteiger partial charge in [0, 0.05) is 11.8 Å². The van der Waals surface area contributed by atoms with Crippen molar-refractivity contribution in [1.29, 1.82) is 0 Å². The molecular formula is C22H23FN6O. The van der Waals surface area contributed by atoms with Crippen LogP contribution in [0.25, 0.3) is 10.9 Å². The molecule has 0 aliphatic carbocycles. The molecule has 0 saturated carbocycles. The molecule has 0 bridgehead atoms. The van der Waals surface area contributed by atoms with E-state index in [0.29, 0.717) is 23.3 Å². The average molecular weight is 406 g/mol. The third kappa shape index (κ3) is 4.03. The number of aryl methyl sites for hydroxylation is 1. The van der Waals surface area contributed by atoms with E-state index in [4.69, 9.17) is 4.74 Å². The van der Waals surface area contributed by atoms with Crippen molar-refractivity contribution in [3.63, 3.8) is 0 Å². The van der Waals surface area contributed by atoms with E-state index in [1.807, 2.05) is 31.2 Å². The van der Waals surface area contributed by atoms with Gasteiger partial charge in [-0.25, -0.2) is 9.37 Å². The van der Waals surface area contributed by atoms with Gasteiger partial charge in [-0.15, -0.1) is 0 Å². The minimum atomic E-state index is -0.267. The summed E-state index contributed by atoms with van der Waals surface area (Å²) in [5.41, 5.74) is 2.68. The fourth-order valence-electron chi connectivity index (χ4n) is 3.23. The van der Waals surface area contributed by atoms with Crippen LogP contribution in [0.4, 0.5) is 22.0 Å². The second kappa shape index (κ2) is 8.36. The lowest BCUT2D eigenvalue weighted by atomic mass is 10.1. The summed E-state index contributed by atoms with van der Waals surface area (Å²) in [6.07, 6.45) is 0.852. The highest BCUT2D eigenvalue weighted by Gasteiger charge is 2.15. The normalized spacial score (nSPS) is 12.0. The first kappa shape index (κ1) is 19.6. The van der Waals surface area contributed by atoms with Crippen molar-refractivity contribution in [3.8, 4) is 5.75 Å². The Morgan fingerprint density at radius 2 is 1.93 bits per heavy atom. The maximum atomic E-state index is 13.2. The van der Waals surface area contributed by atoms with Crippen LogP contribution in [-0.4, -0.2) is 27.3 Å². The van der Waals surface area contributed by atoms with Gasteiger partial charge in [-0.2, -0.15) is 10.1 Å². The zero-order chi connectivity index (χ0) is 21.1. The minimum absolute atomic E-state index is 0.112. The molecule has 1 unspecified atom stereocenters. The van der Waals surface area contributed by atoms with Gasteiger partial charge in [0.15, 0.2) is 5.82 Å². The highest BCUT2D eigenvalue weighted by atomic mass is 19.1. The number of methoxy groups -OCH3 is 1. The van der Waals surface area contributed by atoms with Gasteiger partial charge in [0.05, 0.1) is 24.1 Å². The van der Waals surface area contributed by atoms with Crippen LogP contribution in [0.2, 0.25) is 0 Å². The number of hydrogen-bond acceptors (Lipinski definition) is 6. The van der Waals surface area contributed by atoms with E-state index in [-0.39, 0.29) is 11.9 Å². The van der Waals surface area contributed by atoms with Gasteiger partial charge in [-0.3, -0.25) is 5.10 Å². The summed E-state index contributed by atoms with van der Waals surface area (Å²) in [4.78, 5) is 9.33. The first-order valence-electron chi connectivity index (χ1n) is 9.75. The second-order valence-corrected chi connectivity index (χ2v) is 6.92. The number of halogens is 1. The highest BCUT2D eigenvalue weighted by molar-refractivity contribution is 5.96. The SMILES string of the molecule is CCc1cc(Nc2nc(NC(C)c3ccc(F)cc3)nc3cccc(OC)c23)n[nH]1. The fourth-order valence-corrected chi connectivity index (χ4v) is 3.23. The summed E-state index contributed by atoms with van der Waals surface area (Å²) < 4.78 is 18.8. The Morgan fingerprint density at radius 3 is 2.63 bits per heavy atom. The summed E-state index contributed by atoms with van der Waals surface area (Å²) in [6.45, 7) is 4.03. The Labute approximate surface area is 173 Å². The number of hydrogen-bond donors (Lipinski definition) is 3. The third-order valence-corrected chi connectivity index (χ3v) is 4.88. The molecule has 2 aromatic carbocycles. The largest absolute Gasteiger partial charge is 0.496 e. The van der Waals surface area contributed by atoms with Crippen LogP contribution in [0.3, 0.4) is 0 Å². The number of nitrogens with zero attached hydrogens (tertiary/aromatic N) is 3.